The molecule has 0 spiro atoms. The quantitative estimate of drug-likeness (QED) is 0.0150. The minimum absolute atomic E-state index is 0.0219. The van der Waals surface area contributed by atoms with Crippen molar-refractivity contribution in [1.29, 1.82) is 0 Å². The van der Waals surface area contributed by atoms with Crippen LogP contribution in [-0.2, 0) is 115 Å². The minimum Gasteiger partial charge on any atom is -0.463 e. The van der Waals surface area contributed by atoms with Crippen molar-refractivity contribution in [2.45, 2.75) is 306 Å². The van der Waals surface area contributed by atoms with Gasteiger partial charge >= 0.3 is 30.0 Å². The average Bonchev–Trinajstić information content (AvgIpc) is 1.15. The first-order chi connectivity index (χ1) is 63.0. The maximum absolute atomic E-state index is 15.9. The van der Waals surface area contributed by atoms with E-state index in [0.717, 1.165) is 25.2 Å². The minimum atomic E-state index is -1.93. The summed E-state index contributed by atoms with van der Waals surface area (Å²) in [6.07, 6.45) is 4.58. The van der Waals surface area contributed by atoms with Gasteiger partial charge in [0.05, 0.1) is 51.5 Å². The van der Waals surface area contributed by atoms with Gasteiger partial charge in [0.25, 0.3) is 0 Å². The molecule has 13 unspecified atom stereocenters. The van der Waals surface area contributed by atoms with Gasteiger partial charge in [0, 0.05) is 66.1 Å². The van der Waals surface area contributed by atoms with Crippen LogP contribution in [0.5, 0.6) is 0 Å². The average molecular weight is 1910 g/mol. The van der Waals surface area contributed by atoms with Crippen LogP contribution >= 0.6 is 0 Å². The lowest BCUT2D eigenvalue weighted by atomic mass is 9.46. The molecule has 0 aromatic rings. The number of aliphatic hydroxyl groups excluding tert-OH is 1. The number of aliphatic hydroxyl groups is 2. The van der Waals surface area contributed by atoms with Crippen molar-refractivity contribution in [2.24, 2.45) is 70.0 Å². The van der Waals surface area contributed by atoms with Gasteiger partial charge in [0.15, 0.2) is 12.4 Å². The number of nitrogens with zero attached hydrogens (tertiary/aromatic N) is 7. The normalized spacial score (nSPS) is 28.5. The molecule has 4 aliphatic carbocycles. The third-order valence-corrected chi connectivity index (χ3v) is 27.2. The summed E-state index contributed by atoms with van der Waals surface area (Å²) in [4.78, 5) is 264. The number of Topliss-reactive ketones (excluding diaryl/α,β-unsaturated/α-hetero) is 1. The fourth-order valence-electron chi connectivity index (χ4n) is 19.4. The van der Waals surface area contributed by atoms with Gasteiger partial charge in [-0.3, -0.25) is 81.5 Å². The summed E-state index contributed by atoms with van der Waals surface area (Å²) in [5.41, 5.74) is -2.46. The molecule has 0 aromatic heterocycles. The van der Waals surface area contributed by atoms with Gasteiger partial charge in [-0.15, -0.1) is 0 Å². The van der Waals surface area contributed by atoms with Gasteiger partial charge in [-0.25, -0.2) is 4.79 Å². The van der Waals surface area contributed by atoms with Crippen molar-refractivity contribution < 1.29 is 130 Å². The van der Waals surface area contributed by atoms with Crippen LogP contribution in [0.25, 0.3) is 0 Å². The SMILES string of the molecule is C/C=C/C[C@@H](C)C(OC(=O)OCOC(=O)CCC(=O)OCCOCCOC(=O)CCC(=O)OCC(=O)[C@@]1(O)CCC2C3CCC4=CC(=O)C=C[C@]4(C)C3[C@@H](O)C[C@@]21C)C1C(=O)NC(CC)C(=O)N(C)CC(=O)N(C)[C@@H](CC(C)C)C(=O)NC(C(C)C)C(=O)N(C)C(CC(C)C)C(=O)NC(C)C(=O)NC(C)C(=O)N(C)C(CC(C)C)C(=O)N(C)C(CC(C)C)C(=O)N(C)C(C(C)C)C(=O)N1C. The van der Waals surface area contributed by atoms with Crippen LogP contribution in [-0.4, -0.2) is 325 Å². The van der Waals surface area contributed by atoms with Gasteiger partial charge in [-0.05, 0) is 157 Å². The fraction of sp³-hybridized carbons (Fsp3) is 0.753. The zero-order chi connectivity index (χ0) is 102. The number of hydrogen-bond donors (Lipinski definition) is 6. The molecule has 760 valence electrons. The fourth-order valence-corrected chi connectivity index (χ4v) is 19.4. The van der Waals surface area contributed by atoms with E-state index in [1.807, 2.05) is 68.4 Å². The number of hydrogen-bond acceptors (Lipinski definition) is 27. The van der Waals surface area contributed by atoms with Gasteiger partial charge < -0.3 is 98.9 Å². The first kappa shape index (κ1) is 115. The van der Waals surface area contributed by atoms with Crippen LogP contribution in [0.2, 0.25) is 0 Å². The number of amides is 11. The van der Waals surface area contributed by atoms with E-state index in [4.69, 9.17) is 33.2 Å². The third-order valence-electron chi connectivity index (χ3n) is 27.2. The topological polar surface area (TPSA) is 483 Å². The molecule has 38 nitrogen and oxygen atoms in total. The molecule has 38 heteroatoms. The molecule has 5 aliphatic rings. The first-order valence-corrected chi connectivity index (χ1v) is 47.6. The molecular formula is C97H155N11O27. The molecule has 0 bridgehead atoms. The summed E-state index contributed by atoms with van der Waals surface area (Å²) >= 11 is 0. The van der Waals surface area contributed by atoms with Crippen molar-refractivity contribution in [2.75, 3.05) is 95.7 Å². The number of carbonyl (C=O) groups is 18. The number of ketones is 2. The molecule has 4 fully saturated rings. The summed E-state index contributed by atoms with van der Waals surface area (Å²) in [7, 11) is 9.41. The van der Waals surface area contributed by atoms with Crippen molar-refractivity contribution >= 4 is 107 Å². The highest BCUT2D eigenvalue weighted by atomic mass is 16.8. The van der Waals surface area contributed by atoms with Gasteiger partial charge in [0.1, 0.15) is 85.3 Å². The number of allylic oxidation sites excluding steroid dienone is 6. The predicted molar refractivity (Wildman–Crippen MR) is 495 cm³/mol. The molecular weight excluding hydrogens is 1750 g/mol. The Bertz CT molecular complexity index is 4300. The highest BCUT2D eigenvalue weighted by molar-refractivity contribution is 6.02. The van der Waals surface area contributed by atoms with E-state index < -0.39 is 253 Å². The van der Waals surface area contributed by atoms with Crippen LogP contribution in [0, 0.1) is 70.0 Å². The van der Waals surface area contributed by atoms with E-state index in [-0.39, 0.29) is 125 Å². The van der Waals surface area contributed by atoms with E-state index in [0.29, 0.717) is 19.3 Å². The molecule has 5 rings (SSSR count). The number of carbonyl (C=O) groups excluding carboxylic acids is 18. The number of likely N-dealkylation sites (N-methyl/N-ethyl adjacent to an activating group) is 7. The number of nitrogens with one attached hydrogen (secondary N) is 4. The second kappa shape index (κ2) is 51.8. The van der Waals surface area contributed by atoms with Crippen LogP contribution in [0.15, 0.2) is 36.0 Å². The van der Waals surface area contributed by atoms with Gasteiger partial charge in [-0.2, -0.15) is 0 Å². The Morgan fingerprint density at radius 2 is 1.02 bits per heavy atom. The predicted octanol–water partition coefficient (Wildman–Crippen LogP) is 5.72. The van der Waals surface area contributed by atoms with Crippen molar-refractivity contribution in [3.05, 3.63) is 36.0 Å². The van der Waals surface area contributed by atoms with Crippen LogP contribution in [0.1, 0.15) is 228 Å². The summed E-state index contributed by atoms with van der Waals surface area (Å²) in [6.45, 7) is 29.3. The highest BCUT2D eigenvalue weighted by Gasteiger charge is 2.68. The monoisotopic (exact) mass is 1910 g/mol. The van der Waals surface area contributed by atoms with Gasteiger partial charge in [0.2, 0.25) is 77.6 Å². The standard InChI is InChI=1S/C97H155N11O27/c1-27-29-30-60(15)83(135-94(127)134-53-133-78(116)36-34-76(114)131-44-42-129-41-43-130-75(113)33-35-77(115)132-52-73(111)97(128)40-38-66-65-32-31-63-49-64(109)37-39-95(63,18)79(65)72(110)50-96(66,97)19)82-87(120)100-67(28-2)89(122)102(20)51-74(112)103(21)68(45-54(3)4)86(119)101-80(58(11)12)92(125)104(22)69(46-55(5)6)85(118)98-61(16)84(117)99-62(17)88(121)105(23)70(47-56(7)8)90(123)106(24)71(48-57(9)10)91(124)107(25)81(59(13)14)93(126)108(82)26/h27,29,37,39,49,54-62,65-72,79-83,110,128H,28,30-36,38,40-48,50-53H2,1-26H3,(H,98,118)(H,99,117)(H,100,120)(H,101,119)/b29-27+/t60-,61?,62?,65?,66?,67?,68+,69?,70?,71?,72+,79?,80?,81?,82?,83?,95+,96+,97+/m1/s1. The van der Waals surface area contributed by atoms with E-state index in [1.165, 1.54) is 84.0 Å². The zero-order valence-electron chi connectivity index (χ0n) is 84.4. The third kappa shape index (κ3) is 30.4. The lowest BCUT2D eigenvalue weighted by molar-refractivity contribution is -0.181. The number of rotatable bonds is 33. The first-order valence-electron chi connectivity index (χ1n) is 47.6. The molecule has 0 aromatic carbocycles. The molecule has 135 heavy (non-hydrogen) atoms. The Balaban J connectivity index is 1.33. The smallest absolute Gasteiger partial charge is 0.463 e. The number of esters is 4. The van der Waals surface area contributed by atoms with Gasteiger partial charge in [-0.1, -0.05) is 135 Å². The van der Waals surface area contributed by atoms with Crippen molar-refractivity contribution in [3.8, 4) is 0 Å². The maximum atomic E-state index is 15.9. The van der Waals surface area contributed by atoms with Crippen LogP contribution < -0.4 is 21.3 Å². The van der Waals surface area contributed by atoms with Crippen LogP contribution in [0.4, 0.5) is 4.79 Å². The number of ether oxygens (including phenoxy) is 7. The Labute approximate surface area is 795 Å². The Morgan fingerprint density at radius 3 is 1.55 bits per heavy atom. The van der Waals surface area contributed by atoms with E-state index in [1.54, 1.807) is 73.6 Å². The summed E-state index contributed by atoms with van der Waals surface area (Å²) in [5.74, 6) is -16.6. The van der Waals surface area contributed by atoms with Crippen LogP contribution in [0.3, 0.4) is 0 Å². The second-order valence-corrected chi connectivity index (χ2v) is 40.0. The van der Waals surface area contributed by atoms with E-state index >= 15 is 19.2 Å². The van der Waals surface area contributed by atoms with E-state index in [9.17, 15) is 77.3 Å². The molecule has 11 amide bonds. The Hall–Kier alpha value is -10.2. The lowest BCUT2D eigenvalue weighted by Gasteiger charge is -2.59. The molecule has 1 heterocycles. The largest absolute Gasteiger partial charge is 0.511 e. The summed E-state index contributed by atoms with van der Waals surface area (Å²) < 4.78 is 37.4. The molecule has 19 atom stereocenters. The second-order valence-electron chi connectivity index (χ2n) is 40.0. The molecule has 1 saturated heterocycles. The molecule has 6 N–H and O–H groups in total. The summed E-state index contributed by atoms with van der Waals surface area (Å²) in [6, 6.07) is -13.8. The molecule has 0 radical (unpaired) electrons. The Kier molecular flexibility index (Phi) is 44.2. The van der Waals surface area contributed by atoms with Crippen molar-refractivity contribution in [3.63, 3.8) is 0 Å². The maximum Gasteiger partial charge on any atom is 0.511 e. The molecule has 1 aliphatic heterocycles. The zero-order valence-corrected chi connectivity index (χ0v) is 84.4. The summed E-state index contributed by atoms with van der Waals surface area (Å²) in [5, 5.41) is 34.7. The molecule has 3 saturated carbocycles. The van der Waals surface area contributed by atoms with E-state index in [2.05, 4.69) is 21.3 Å². The lowest BCUT2D eigenvalue weighted by Crippen LogP contribution is -2.64. The highest BCUT2D eigenvalue weighted by Crippen LogP contribution is 2.67. The number of fused-ring (bicyclic) bond motifs is 5. The Morgan fingerprint density at radius 1 is 0.533 bits per heavy atom. The van der Waals surface area contributed by atoms with Crippen molar-refractivity contribution in [1.82, 2.24) is 55.6 Å².